The van der Waals surface area contributed by atoms with Crippen LogP contribution >= 0.6 is 0 Å². The average Bonchev–Trinajstić information content (AvgIpc) is 2.65. The van der Waals surface area contributed by atoms with Crippen molar-refractivity contribution in [1.29, 1.82) is 0 Å². The molecule has 0 aliphatic carbocycles. The third-order valence-electron chi connectivity index (χ3n) is 4.64. The first-order valence-electron chi connectivity index (χ1n) is 9.81. The number of aryl methyl sites for hydroxylation is 4. The average molecular weight is 383 g/mol. The lowest BCUT2D eigenvalue weighted by Gasteiger charge is -2.22. The zero-order chi connectivity index (χ0) is 20.8. The van der Waals surface area contributed by atoms with Gasteiger partial charge in [0.1, 0.15) is 0 Å². The number of amides is 2. The molecule has 2 aromatic rings. The fourth-order valence-electron chi connectivity index (χ4n) is 2.97. The van der Waals surface area contributed by atoms with Crippen molar-refractivity contribution in [1.82, 2.24) is 14.9 Å². The van der Waals surface area contributed by atoms with Gasteiger partial charge in [0, 0.05) is 18.8 Å². The molecule has 2 amide bonds. The largest absolute Gasteiger partial charge is 0.337 e. The summed E-state index contributed by atoms with van der Waals surface area (Å²) in [5.41, 5.74) is 4.18. The number of carbonyl (C=O) groups is 2. The summed E-state index contributed by atoms with van der Waals surface area (Å²) in [7, 11) is 0. The highest BCUT2D eigenvalue weighted by atomic mass is 16.2. The Morgan fingerprint density at radius 1 is 0.929 bits per heavy atom. The molecule has 1 heterocycles. The van der Waals surface area contributed by atoms with Gasteiger partial charge < -0.3 is 10.2 Å². The second-order valence-electron chi connectivity index (χ2n) is 7.16. The standard InChI is InChI=1S/C22H30N4O2/c1-7-11-26(12-8-2)22(28)20-19(23-16(5)17(6)24-20)21(27)25-18-13-14(3)9-10-15(18)4/h9-10,13H,7-8,11-12H2,1-6H3,(H,25,27). The van der Waals surface area contributed by atoms with Crippen molar-refractivity contribution < 1.29 is 9.59 Å². The lowest BCUT2D eigenvalue weighted by atomic mass is 10.1. The molecule has 2 rings (SSSR count). The molecule has 1 aromatic carbocycles. The summed E-state index contributed by atoms with van der Waals surface area (Å²) in [4.78, 5) is 36.8. The van der Waals surface area contributed by atoms with Gasteiger partial charge >= 0.3 is 0 Å². The van der Waals surface area contributed by atoms with E-state index < -0.39 is 5.91 Å². The van der Waals surface area contributed by atoms with E-state index in [9.17, 15) is 9.59 Å². The van der Waals surface area contributed by atoms with Crippen LogP contribution in [0.5, 0.6) is 0 Å². The Morgan fingerprint density at radius 2 is 1.50 bits per heavy atom. The molecule has 0 radical (unpaired) electrons. The van der Waals surface area contributed by atoms with E-state index >= 15 is 0 Å². The molecule has 0 saturated heterocycles. The molecular formula is C22H30N4O2. The Morgan fingerprint density at radius 3 is 2.07 bits per heavy atom. The Labute approximate surface area is 167 Å². The molecule has 0 atom stereocenters. The third kappa shape index (κ3) is 4.94. The molecule has 1 aromatic heterocycles. The molecule has 0 aliphatic rings. The first kappa shape index (κ1) is 21.5. The van der Waals surface area contributed by atoms with E-state index in [4.69, 9.17) is 0 Å². The molecule has 1 N–H and O–H groups in total. The highest BCUT2D eigenvalue weighted by molar-refractivity contribution is 6.10. The number of anilines is 1. The van der Waals surface area contributed by atoms with Gasteiger partial charge in [-0.1, -0.05) is 26.0 Å². The van der Waals surface area contributed by atoms with E-state index in [2.05, 4.69) is 15.3 Å². The molecule has 0 aliphatic heterocycles. The van der Waals surface area contributed by atoms with Gasteiger partial charge in [0.25, 0.3) is 11.8 Å². The number of nitrogens with zero attached hydrogens (tertiary/aromatic N) is 3. The van der Waals surface area contributed by atoms with Crippen LogP contribution in [0, 0.1) is 27.7 Å². The molecule has 0 spiro atoms. The Hall–Kier alpha value is -2.76. The maximum Gasteiger partial charge on any atom is 0.276 e. The summed E-state index contributed by atoms with van der Waals surface area (Å²) in [6.45, 7) is 12.8. The predicted octanol–water partition coefficient (Wildman–Crippen LogP) is 4.22. The zero-order valence-corrected chi connectivity index (χ0v) is 17.7. The van der Waals surface area contributed by atoms with Crippen molar-refractivity contribution in [3.05, 3.63) is 52.1 Å². The van der Waals surface area contributed by atoms with Crippen molar-refractivity contribution in [3.63, 3.8) is 0 Å². The summed E-state index contributed by atoms with van der Waals surface area (Å²) in [5.74, 6) is -0.661. The lowest BCUT2D eigenvalue weighted by Crippen LogP contribution is -2.35. The van der Waals surface area contributed by atoms with Crippen molar-refractivity contribution in [2.24, 2.45) is 0 Å². The highest BCUT2D eigenvalue weighted by Crippen LogP contribution is 2.19. The highest BCUT2D eigenvalue weighted by Gasteiger charge is 2.26. The summed E-state index contributed by atoms with van der Waals surface area (Å²) in [6, 6.07) is 5.85. The van der Waals surface area contributed by atoms with Crippen LogP contribution in [-0.2, 0) is 0 Å². The smallest absolute Gasteiger partial charge is 0.276 e. The van der Waals surface area contributed by atoms with Crippen LogP contribution in [0.2, 0.25) is 0 Å². The first-order chi connectivity index (χ1) is 13.3. The van der Waals surface area contributed by atoms with E-state index in [0.29, 0.717) is 30.2 Å². The van der Waals surface area contributed by atoms with Crippen LogP contribution in [0.1, 0.15) is 70.2 Å². The van der Waals surface area contributed by atoms with Crippen molar-refractivity contribution in [2.75, 3.05) is 18.4 Å². The van der Waals surface area contributed by atoms with E-state index in [-0.39, 0.29) is 17.3 Å². The maximum atomic E-state index is 13.1. The number of nitrogens with one attached hydrogen (secondary N) is 1. The molecule has 0 bridgehead atoms. The van der Waals surface area contributed by atoms with Crippen LogP contribution in [0.15, 0.2) is 18.2 Å². The summed E-state index contributed by atoms with van der Waals surface area (Å²) in [6.07, 6.45) is 1.68. The number of rotatable bonds is 7. The number of hydrogen-bond donors (Lipinski definition) is 1. The normalized spacial score (nSPS) is 10.6. The molecule has 0 fully saturated rings. The van der Waals surface area contributed by atoms with Gasteiger partial charge in [-0.25, -0.2) is 9.97 Å². The van der Waals surface area contributed by atoms with Gasteiger partial charge in [0.15, 0.2) is 11.4 Å². The Kier molecular flexibility index (Phi) is 7.26. The maximum absolute atomic E-state index is 13.1. The minimum Gasteiger partial charge on any atom is -0.337 e. The minimum absolute atomic E-state index is 0.0752. The molecular weight excluding hydrogens is 352 g/mol. The fraction of sp³-hybridized carbons (Fsp3) is 0.455. The lowest BCUT2D eigenvalue weighted by molar-refractivity contribution is 0.0743. The van der Waals surface area contributed by atoms with Crippen LogP contribution < -0.4 is 5.32 Å². The van der Waals surface area contributed by atoms with Gasteiger partial charge in [-0.05, 0) is 57.7 Å². The molecule has 150 valence electrons. The second kappa shape index (κ2) is 9.44. The molecule has 0 saturated carbocycles. The second-order valence-corrected chi connectivity index (χ2v) is 7.16. The van der Waals surface area contributed by atoms with Gasteiger partial charge in [0.05, 0.1) is 11.4 Å². The van der Waals surface area contributed by atoms with Crippen LogP contribution in [-0.4, -0.2) is 39.8 Å². The SMILES string of the molecule is CCCN(CCC)C(=O)c1nc(C)c(C)nc1C(=O)Nc1cc(C)ccc1C. The predicted molar refractivity (Wildman–Crippen MR) is 112 cm³/mol. The fourth-order valence-corrected chi connectivity index (χ4v) is 2.97. The monoisotopic (exact) mass is 382 g/mol. The Bertz CT molecular complexity index is 871. The topological polar surface area (TPSA) is 75.2 Å². The number of hydrogen-bond acceptors (Lipinski definition) is 4. The number of carbonyl (C=O) groups excluding carboxylic acids is 2. The summed E-state index contributed by atoms with van der Waals surface area (Å²) < 4.78 is 0. The first-order valence-corrected chi connectivity index (χ1v) is 9.81. The minimum atomic E-state index is -0.416. The van der Waals surface area contributed by atoms with Gasteiger partial charge in [-0.2, -0.15) is 0 Å². The number of aromatic nitrogens is 2. The van der Waals surface area contributed by atoms with Gasteiger partial charge in [-0.3, -0.25) is 9.59 Å². The van der Waals surface area contributed by atoms with Crippen LogP contribution in [0.4, 0.5) is 5.69 Å². The van der Waals surface area contributed by atoms with Crippen molar-refractivity contribution in [3.8, 4) is 0 Å². The quantitative estimate of drug-likeness (QED) is 0.778. The molecule has 6 heteroatoms. The zero-order valence-electron chi connectivity index (χ0n) is 17.7. The van der Waals surface area contributed by atoms with Crippen molar-refractivity contribution >= 4 is 17.5 Å². The van der Waals surface area contributed by atoms with Crippen molar-refractivity contribution in [2.45, 2.75) is 54.4 Å². The van der Waals surface area contributed by atoms with E-state index in [1.165, 1.54) is 0 Å². The molecule has 0 unspecified atom stereocenters. The van der Waals surface area contributed by atoms with Crippen LogP contribution in [0.25, 0.3) is 0 Å². The third-order valence-corrected chi connectivity index (χ3v) is 4.64. The van der Waals surface area contributed by atoms with E-state index in [1.807, 2.05) is 45.9 Å². The summed E-state index contributed by atoms with van der Waals surface area (Å²) in [5, 5.41) is 2.90. The molecule has 28 heavy (non-hydrogen) atoms. The van der Waals surface area contributed by atoms with E-state index in [1.54, 1.807) is 18.7 Å². The van der Waals surface area contributed by atoms with Gasteiger partial charge in [0.2, 0.25) is 0 Å². The molecule has 6 nitrogen and oxygen atoms in total. The summed E-state index contributed by atoms with van der Waals surface area (Å²) >= 11 is 0. The van der Waals surface area contributed by atoms with E-state index in [0.717, 1.165) is 24.0 Å². The number of benzene rings is 1. The van der Waals surface area contributed by atoms with Crippen LogP contribution in [0.3, 0.4) is 0 Å². The Balaban J connectivity index is 2.45. The van der Waals surface area contributed by atoms with Gasteiger partial charge in [-0.15, -0.1) is 0 Å².